The minimum atomic E-state index is -3.54. The molecule has 0 aromatic heterocycles. The Morgan fingerprint density at radius 1 is 1.11 bits per heavy atom. The van der Waals surface area contributed by atoms with Gasteiger partial charge in [-0.25, -0.2) is 21.5 Å². The molecular weight excluding hydrogens is 617 g/mol. The number of ether oxygens (including phenoxy) is 1. The first-order chi connectivity index (χ1) is 17.4. The van der Waals surface area contributed by atoms with Crippen molar-refractivity contribution in [3.05, 3.63) is 92.1 Å². The zero-order chi connectivity index (χ0) is 27.3. The zero-order valence-electron chi connectivity index (χ0n) is 20.5. The molecule has 1 amide bonds. The zero-order valence-corrected chi connectivity index (χ0v) is 23.4. The van der Waals surface area contributed by atoms with E-state index >= 15 is 0 Å². The van der Waals surface area contributed by atoms with Crippen molar-refractivity contribution >= 4 is 38.5 Å². The molecule has 3 rings (SSSR count). The predicted molar refractivity (Wildman–Crippen MR) is 145 cm³/mol. The van der Waals surface area contributed by atoms with Gasteiger partial charge in [0.15, 0.2) is 0 Å². The van der Waals surface area contributed by atoms with Crippen molar-refractivity contribution in [2.45, 2.75) is 25.1 Å². The molecule has 7 nitrogen and oxygen atoms in total. The van der Waals surface area contributed by atoms with Gasteiger partial charge in [-0.15, -0.1) is 0 Å². The van der Waals surface area contributed by atoms with E-state index in [-0.39, 0.29) is 47.0 Å². The summed E-state index contributed by atoms with van der Waals surface area (Å²) in [5, 5.41) is 12.0. The second-order valence-corrected chi connectivity index (χ2v) is 12.1. The summed E-state index contributed by atoms with van der Waals surface area (Å²) >= 11 is 1.98. The highest BCUT2D eigenvalue weighted by atomic mass is 127. The lowest BCUT2D eigenvalue weighted by molar-refractivity contribution is 0.0919. The highest BCUT2D eigenvalue weighted by molar-refractivity contribution is 14.1. The van der Waals surface area contributed by atoms with Crippen LogP contribution in [0.4, 0.5) is 8.78 Å². The van der Waals surface area contributed by atoms with Gasteiger partial charge in [-0.05, 0) is 76.5 Å². The molecule has 0 aliphatic heterocycles. The average Bonchev–Trinajstić information content (AvgIpc) is 2.80. The van der Waals surface area contributed by atoms with Crippen molar-refractivity contribution in [1.82, 2.24) is 9.62 Å². The number of carbonyl (C=O) groups excluding carboxylic acids is 1. The normalized spacial score (nSPS) is 12.4. The highest BCUT2D eigenvalue weighted by Crippen LogP contribution is 2.32. The van der Waals surface area contributed by atoms with E-state index in [0.29, 0.717) is 9.13 Å². The van der Waals surface area contributed by atoms with Crippen molar-refractivity contribution in [2.75, 3.05) is 20.7 Å². The summed E-state index contributed by atoms with van der Waals surface area (Å²) in [6, 6.07) is 12.4. The van der Waals surface area contributed by atoms with Crippen LogP contribution in [0.2, 0.25) is 0 Å². The van der Waals surface area contributed by atoms with E-state index in [4.69, 9.17) is 4.74 Å². The molecule has 0 radical (unpaired) electrons. The number of aliphatic hydroxyl groups excluding tert-OH is 1. The molecule has 3 aromatic rings. The Balaban J connectivity index is 2.06. The molecule has 0 aliphatic carbocycles. The van der Waals surface area contributed by atoms with Gasteiger partial charge in [0.2, 0.25) is 10.0 Å². The van der Waals surface area contributed by atoms with Crippen LogP contribution < -0.4 is 10.1 Å². The summed E-state index contributed by atoms with van der Waals surface area (Å²) in [5.74, 6) is -2.05. The number of aliphatic hydroxyl groups is 1. The molecule has 0 saturated heterocycles. The van der Waals surface area contributed by atoms with E-state index in [0.717, 1.165) is 16.4 Å². The molecule has 0 unspecified atom stereocenters. The smallest absolute Gasteiger partial charge is 0.255 e. The van der Waals surface area contributed by atoms with E-state index in [1.807, 2.05) is 22.6 Å². The predicted octanol–water partition coefficient (Wildman–Crippen LogP) is 4.45. The van der Waals surface area contributed by atoms with Crippen LogP contribution in [-0.4, -0.2) is 50.5 Å². The molecule has 0 spiro atoms. The quantitative estimate of drug-likeness (QED) is 0.318. The lowest BCUT2D eigenvalue weighted by Crippen LogP contribution is -2.35. The Labute approximate surface area is 228 Å². The monoisotopic (exact) mass is 644 g/mol. The van der Waals surface area contributed by atoms with Gasteiger partial charge in [0, 0.05) is 36.2 Å². The number of carbonyl (C=O) groups is 1. The van der Waals surface area contributed by atoms with Crippen LogP contribution in [0.15, 0.2) is 54.6 Å². The number of hydrogen-bond acceptors (Lipinski definition) is 5. The summed E-state index contributed by atoms with van der Waals surface area (Å²) in [7, 11) is -0.682. The number of amides is 1. The van der Waals surface area contributed by atoms with Gasteiger partial charge in [0.25, 0.3) is 5.91 Å². The van der Waals surface area contributed by atoms with Crippen molar-refractivity contribution in [3.8, 4) is 11.5 Å². The van der Waals surface area contributed by atoms with Gasteiger partial charge in [0.1, 0.15) is 23.1 Å². The topological polar surface area (TPSA) is 95.9 Å². The third kappa shape index (κ3) is 7.69. The van der Waals surface area contributed by atoms with Crippen LogP contribution in [-0.2, 0) is 22.2 Å². The fourth-order valence-corrected chi connectivity index (χ4v) is 4.80. The fourth-order valence-electron chi connectivity index (χ4n) is 3.49. The minimum absolute atomic E-state index is 0.0223. The molecule has 37 heavy (non-hydrogen) atoms. The first-order valence-corrected chi connectivity index (χ1v) is 13.9. The second-order valence-electron chi connectivity index (χ2n) is 8.70. The van der Waals surface area contributed by atoms with Gasteiger partial charge in [-0.2, -0.15) is 0 Å². The molecule has 2 N–H and O–H groups in total. The van der Waals surface area contributed by atoms with Crippen LogP contribution in [0, 0.1) is 15.2 Å². The van der Waals surface area contributed by atoms with Crippen molar-refractivity contribution in [1.29, 1.82) is 0 Å². The lowest BCUT2D eigenvalue weighted by Gasteiger charge is -2.18. The Hall–Kier alpha value is -2.61. The number of nitrogens with zero attached hydrogens (tertiary/aromatic N) is 1. The number of sulfonamides is 1. The van der Waals surface area contributed by atoms with Crippen LogP contribution in [0.5, 0.6) is 11.5 Å². The standard InChI is InChI=1S/C26H27F2IN2O5S/c1-16(14-32)30-26(33)25-19(10-18-7-8-21(29)13-23(18)28)11-20(27)12-24(25)36-22-6-4-5-17(9-22)15-37(34,35)31(2)3/h4-9,11-13,16,32H,10,14-15H2,1-3H3,(H,30,33)/t16-/m1/s1. The third-order valence-corrected chi connectivity index (χ3v) is 7.94. The molecule has 1 atom stereocenters. The molecule has 0 aliphatic rings. The fraction of sp³-hybridized carbons (Fsp3) is 0.269. The van der Waals surface area contributed by atoms with Gasteiger partial charge in [-0.1, -0.05) is 18.2 Å². The largest absolute Gasteiger partial charge is 0.456 e. The number of benzene rings is 3. The molecule has 0 bridgehead atoms. The average molecular weight is 644 g/mol. The molecule has 11 heteroatoms. The van der Waals surface area contributed by atoms with E-state index in [2.05, 4.69) is 5.32 Å². The first kappa shape index (κ1) is 29.0. The minimum Gasteiger partial charge on any atom is -0.456 e. The molecule has 3 aromatic carbocycles. The van der Waals surface area contributed by atoms with Gasteiger partial charge in [-0.3, -0.25) is 4.79 Å². The van der Waals surface area contributed by atoms with Gasteiger partial charge < -0.3 is 15.2 Å². The number of halogens is 3. The van der Waals surface area contributed by atoms with E-state index in [1.54, 1.807) is 37.3 Å². The number of rotatable bonds is 10. The summed E-state index contributed by atoms with van der Waals surface area (Å²) in [6.07, 6.45) is -0.0890. The molecule has 0 saturated carbocycles. The Morgan fingerprint density at radius 3 is 2.49 bits per heavy atom. The summed E-state index contributed by atoms with van der Waals surface area (Å²) in [5.41, 5.74) is 0.857. The van der Waals surface area contributed by atoms with Crippen molar-refractivity contribution < 1.29 is 31.8 Å². The maximum absolute atomic E-state index is 14.7. The van der Waals surface area contributed by atoms with Gasteiger partial charge in [0.05, 0.1) is 17.9 Å². The molecule has 0 fully saturated rings. The van der Waals surface area contributed by atoms with Crippen LogP contribution in [0.1, 0.15) is 34.0 Å². The molecule has 198 valence electrons. The lowest BCUT2D eigenvalue weighted by atomic mass is 9.97. The summed E-state index contributed by atoms with van der Waals surface area (Å²) in [4.78, 5) is 13.2. The van der Waals surface area contributed by atoms with Gasteiger partial charge >= 0.3 is 0 Å². The molecule has 0 heterocycles. The van der Waals surface area contributed by atoms with E-state index < -0.39 is 33.6 Å². The van der Waals surface area contributed by atoms with Crippen LogP contribution in [0.25, 0.3) is 0 Å². The van der Waals surface area contributed by atoms with Crippen LogP contribution >= 0.6 is 22.6 Å². The van der Waals surface area contributed by atoms with E-state index in [9.17, 15) is 27.1 Å². The maximum Gasteiger partial charge on any atom is 0.255 e. The van der Waals surface area contributed by atoms with E-state index in [1.165, 1.54) is 26.2 Å². The Kier molecular flexibility index (Phi) is 9.62. The van der Waals surface area contributed by atoms with Crippen LogP contribution in [0.3, 0.4) is 0 Å². The summed E-state index contributed by atoms with van der Waals surface area (Å²) in [6.45, 7) is 1.27. The van der Waals surface area contributed by atoms with Crippen molar-refractivity contribution in [3.63, 3.8) is 0 Å². The van der Waals surface area contributed by atoms with Crippen molar-refractivity contribution in [2.24, 2.45) is 0 Å². The second kappa shape index (κ2) is 12.3. The third-order valence-electron chi connectivity index (χ3n) is 5.45. The Bertz CT molecular complexity index is 1400. The number of hydrogen-bond donors (Lipinski definition) is 2. The first-order valence-electron chi connectivity index (χ1n) is 11.2. The number of nitrogens with one attached hydrogen (secondary N) is 1. The Morgan fingerprint density at radius 2 is 1.84 bits per heavy atom. The maximum atomic E-state index is 14.7. The highest BCUT2D eigenvalue weighted by Gasteiger charge is 2.23. The SMILES string of the molecule is C[C@H](CO)NC(=O)c1c(Cc2ccc(I)cc2F)cc(F)cc1Oc1cccc(CS(=O)(=O)N(C)C)c1. The molecular formula is C26H27F2IN2O5S. The summed E-state index contributed by atoms with van der Waals surface area (Å²) < 4.78 is 61.6.